The van der Waals surface area contributed by atoms with Crippen LogP contribution in [-0.2, 0) is 9.84 Å². The predicted octanol–water partition coefficient (Wildman–Crippen LogP) is 3.56. The second-order valence-corrected chi connectivity index (χ2v) is 11.6. The molecule has 2 N–H and O–H groups in total. The zero-order chi connectivity index (χ0) is 25.9. The number of carbonyl (C=O) groups is 1. The highest BCUT2D eigenvalue weighted by Gasteiger charge is 2.21. The fourth-order valence-electron chi connectivity index (χ4n) is 4.43. The molecule has 1 fully saturated rings. The third-order valence-electron chi connectivity index (χ3n) is 6.45. The molecule has 4 rings (SSSR count). The maximum Gasteiger partial charge on any atom is 0.255 e. The molecule has 0 spiro atoms. The molecule has 2 heterocycles. The number of nitrogens with one attached hydrogen (secondary N) is 2. The average molecular weight is 532 g/mol. The number of amides is 1. The standard InChI is InChI=1S/C26H30ClN3O5S/c1-17-14-18(27)4-7-24(17)35-19-8-12-30(13-9-19)11-3-10-28-26(32)23-16-29-25(31)22-15-20(36(2,33)34)5-6-21(22)23/h4-7,14-16,19H,3,8-13H2,1-2H3,(H,28,32)(H,29,31). The zero-order valence-electron chi connectivity index (χ0n) is 20.3. The molecule has 3 aromatic rings. The Morgan fingerprint density at radius 3 is 2.61 bits per heavy atom. The lowest BCUT2D eigenvalue weighted by Crippen LogP contribution is -2.39. The Bertz CT molecular complexity index is 1430. The molecule has 0 radical (unpaired) electrons. The van der Waals surface area contributed by atoms with E-state index in [0.29, 0.717) is 22.5 Å². The van der Waals surface area contributed by atoms with Gasteiger partial charge < -0.3 is 19.9 Å². The number of aromatic amines is 1. The van der Waals surface area contributed by atoms with Crippen molar-refractivity contribution in [3.63, 3.8) is 0 Å². The molecule has 1 aliphatic heterocycles. The molecule has 1 aromatic heterocycles. The summed E-state index contributed by atoms with van der Waals surface area (Å²) in [5.74, 6) is 0.566. The second-order valence-electron chi connectivity index (χ2n) is 9.19. The smallest absolute Gasteiger partial charge is 0.255 e. The summed E-state index contributed by atoms with van der Waals surface area (Å²) < 4.78 is 29.8. The van der Waals surface area contributed by atoms with Crippen LogP contribution in [0.5, 0.6) is 5.75 Å². The molecule has 0 aliphatic carbocycles. The van der Waals surface area contributed by atoms with Gasteiger partial charge in [0.1, 0.15) is 11.9 Å². The minimum atomic E-state index is -3.47. The Labute approximate surface area is 215 Å². The van der Waals surface area contributed by atoms with Gasteiger partial charge in [0.2, 0.25) is 0 Å². The van der Waals surface area contributed by atoms with Crippen LogP contribution in [-0.4, -0.2) is 62.7 Å². The number of pyridine rings is 1. The van der Waals surface area contributed by atoms with E-state index < -0.39 is 15.4 Å². The van der Waals surface area contributed by atoms with Crippen molar-refractivity contribution in [2.45, 2.75) is 37.2 Å². The van der Waals surface area contributed by atoms with E-state index in [1.54, 1.807) is 0 Å². The highest BCUT2D eigenvalue weighted by atomic mass is 35.5. The largest absolute Gasteiger partial charge is 0.490 e. The van der Waals surface area contributed by atoms with E-state index in [1.807, 2.05) is 25.1 Å². The number of fused-ring (bicyclic) bond motifs is 1. The number of carbonyl (C=O) groups excluding carboxylic acids is 1. The predicted molar refractivity (Wildman–Crippen MR) is 141 cm³/mol. The van der Waals surface area contributed by atoms with Gasteiger partial charge in [0, 0.05) is 47.9 Å². The van der Waals surface area contributed by atoms with Crippen LogP contribution in [0.1, 0.15) is 35.2 Å². The number of aryl methyl sites for hydroxylation is 1. The van der Waals surface area contributed by atoms with Crippen molar-refractivity contribution in [3.05, 3.63) is 69.1 Å². The Morgan fingerprint density at radius 2 is 1.92 bits per heavy atom. The molecular formula is C26H30ClN3O5S. The van der Waals surface area contributed by atoms with E-state index in [-0.39, 0.29) is 22.3 Å². The lowest BCUT2D eigenvalue weighted by atomic mass is 10.1. The topological polar surface area (TPSA) is 109 Å². The highest BCUT2D eigenvalue weighted by Crippen LogP contribution is 2.25. The molecule has 1 amide bonds. The number of H-pyrrole nitrogens is 1. The van der Waals surface area contributed by atoms with Crippen molar-refractivity contribution in [3.8, 4) is 5.75 Å². The third kappa shape index (κ3) is 6.27. The lowest BCUT2D eigenvalue weighted by molar-refractivity contribution is 0.0935. The number of benzene rings is 2. The number of hydrogen-bond donors (Lipinski definition) is 2. The minimum absolute atomic E-state index is 0.0375. The van der Waals surface area contributed by atoms with Crippen molar-refractivity contribution in [1.82, 2.24) is 15.2 Å². The SMILES string of the molecule is Cc1cc(Cl)ccc1OC1CCN(CCCNC(=O)c2c[nH]c(=O)c3cc(S(C)(=O)=O)ccc23)CC1. The highest BCUT2D eigenvalue weighted by molar-refractivity contribution is 7.90. The van der Waals surface area contributed by atoms with Gasteiger partial charge in [-0.15, -0.1) is 0 Å². The Hall–Kier alpha value is -2.88. The molecular weight excluding hydrogens is 502 g/mol. The van der Waals surface area contributed by atoms with Gasteiger partial charge in [-0.2, -0.15) is 0 Å². The zero-order valence-corrected chi connectivity index (χ0v) is 21.9. The van der Waals surface area contributed by atoms with E-state index in [1.165, 1.54) is 24.4 Å². The number of nitrogens with zero attached hydrogens (tertiary/aromatic N) is 1. The third-order valence-corrected chi connectivity index (χ3v) is 7.79. The summed E-state index contributed by atoms with van der Waals surface area (Å²) in [6.07, 6.45) is 5.29. The fraction of sp³-hybridized carbons (Fsp3) is 0.385. The number of aromatic nitrogens is 1. The second kappa shape index (κ2) is 11.0. The summed E-state index contributed by atoms with van der Waals surface area (Å²) in [4.78, 5) is 29.9. The molecule has 1 aliphatic rings. The van der Waals surface area contributed by atoms with Crippen LogP contribution in [0.15, 0.2) is 52.3 Å². The number of halogens is 1. The van der Waals surface area contributed by atoms with Crippen LogP contribution in [0.2, 0.25) is 5.02 Å². The molecule has 10 heteroatoms. The van der Waals surface area contributed by atoms with Crippen LogP contribution >= 0.6 is 11.6 Å². The summed E-state index contributed by atoms with van der Waals surface area (Å²) in [6, 6.07) is 9.90. The molecule has 36 heavy (non-hydrogen) atoms. The molecule has 0 unspecified atom stereocenters. The number of rotatable bonds is 8. The first kappa shape index (κ1) is 26.2. The van der Waals surface area contributed by atoms with Gasteiger partial charge >= 0.3 is 0 Å². The van der Waals surface area contributed by atoms with E-state index >= 15 is 0 Å². The summed E-state index contributed by atoms with van der Waals surface area (Å²) >= 11 is 6.02. The maximum absolute atomic E-state index is 12.8. The van der Waals surface area contributed by atoms with E-state index in [2.05, 4.69) is 15.2 Å². The van der Waals surface area contributed by atoms with Gasteiger partial charge in [-0.1, -0.05) is 17.7 Å². The van der Waals surface area contributed by atoms with Crippen molar-refractivity contribution in [2.24, 2.45) is 0 Å². The fourth-order valence-corrected chi connectivity index (χ4v) is 5.31. The number of ether oxygens (including phenoxy) is 1. The van der Waals surface area contributed by atoms with Gasteiger partial charge in [-0.3, -0.25) is 9.59 Å². The first-order valence-corrected chi connectivity index (χ1v) is 14.2. The minimum Gasteiger partial charge on any atom is -0.490 e. The molecule has 192 valence electrons. The maximum atomic E-state index is 12.8. The summed E-state index contributed by atoms with van der Waals surface area (Å²) in [5, 5.41) is 4.20. The Balaban J connectivity index is 1.26. The van der Waals surface area contributed by atoms with Crippen molar-refractivity contribution in [2.75, 3.05) is 32.4 Å². The summed E-state index contributed by atoms with van der Waals surface area (Å²) in [7, 11) is -3.47. The molecule has 0 saturated carbocycles. The normalized spacial score (nSPS) is 15.2. The van der Waals surface area contributed by atoms with Crippen molar-refractivity contribution >= 4 is 38.1 Å². The van der Waals surface area contributed by atoms with Crippen molar-refractivity contribution in [1.29, 1.82) is 0 Å². The molecule has 0 atom stereocenters. The molecule has 2 aromatic carbocycles. The summed E-state index contributed by atoms with van der Waals surface area (Å²) in [6.45, 7) is 5.20. The first-order valence-electron chi connectivity index (χ1n) is 11.9. The Kier molecular flexibility index (Phi) is 8.02. The molecule has 1 saturated heterocycles. The van der Waals surface area contributed by atoms with Crippen LogP contribution in [0.3, 0.4) is 0 Å². The van der Waals surface area contributed by atoms with E-state index in [4.69, 9.17) is 16.3 Å². The van der Waals surface area contributed by atoms with Crippen LogP contribution in [0.4, 0.5) is 0 Å². The molecule has 0 bridgehead atoms. The number of sulfone groups is 1. The lowest BCUT2D eigenvalue weighted by Gasteiger charge is -2.32. The Morgan fingerprint density at radius 1 is 1.17 bits per heavy atom. The van der Waals surface area contributed by atoms with Crippen LogP contribution in [0, 0.1) is 6.92 Å². The van der Waals surface area contributed by atoms with E-state index in [9.17, 15) is 18.0 Å². The van der Waals surface area contributed by atoms with Gasteiger partial charge in [-0.05, 0) is 68.6 Å². The number of piperidine rings is 1. The van der Waals surface area contributed by atoms with E-state index in [0.717, 1.165) is 56.5 Å². The quantitative estimate of drug-likeness (QED) is 0.430. The van der Waals surface area contributed by atoms with Gasteiger partial charge in [0.15, 0.2) is 9.84 Å². The summed E-state index contributed by atoms with van der Waals surface area (Å²) in [5.41, 5.74) is 0.901. The van der Waals surface area contributed by atoms with Gasteiger partial charge in [0.05, 0.1) is 10.5 Å². The first-order chi connectivity index (χ1) is 17.1. The number of likely N-dealkylation sites (tertiary alicyclic amines) is 1. The molecule has 8 nitrogen and oxygen atoms in total. The number of hydrogen-bond acceptors (Lipinski definition) is 6. The van der Waals surface area contributed by atoms with Crippen molar-refractivity contribution < 1.29 is 17.9 Å². The van der Waals surface area contributed by atoms with Gasteiger partial charge in [-0.25, -0.2) is 8.42 Å². The van der Waals surface area contributed by atoms with Gasteiger partial charge in [0.25, 0.3) is 11.5 Å². The van der Waals surface area contributed by atoms with Crippen LogP contribution in [0.25, 0.3) is 10.8 Å². The van der Waals surface area contributed by atoms with Crippen LogP contribution < -0.4 is 15.6 Å². The monoisotopic (exact) mass is 531 g/mol. The average Bonchev–Trinajstić information content (AvgIpc) is 2.84.